The normalized spacial score (nSPS) is 10.2. The van der Waals surface area contributed by atoms with E-state index in [4.69, 9.17) is 12.2 Å². The molecular weight excluding hydrogens is 240 g/mol. The van der Waals surface area contributed by atoms with Gasteiger partial charge in [0.05, 0.1) is 0 Å². The summed E-state index contributed by atoms with van der Waals surface area (Å²) in [4.78, 5) is 0.671. The summed E-state index contributed by atoms with van der Waals surface area (Å²) in [5.74, 6) is 0. The third-order valence-corrected chi connectivity index (χ3v) is 2.54. The van der Waals surface area contributed by atoms with Gasteiger partial charge in [-0.25, -0.2) is 0 Å². The van der Waals surface area contributed by atoms with Gasteiger partial charge in [0, 0.05) is 17.6 Å². The Balaban J connectivity index is 1.85. The fourth-order valence-corrected chi connectivity index (χ4v) is 1.64. The van der Waals surface area contributed by atoms with Gasteiger partial charge in [-0.15, -0.1) is 0 Å². The molecule has 0 saturated heterocycles. The molecule has 2 aromatic carbocycles. The van der Waals surface area contributed by atoms with Crippen LogP contribution in [0.3, 0.4) is 0 Å². The predicted octanol–water partition coefficient (Wildman–Crippen LogP) is 4.05. The van der Waals surface area contributed by atoms with Crippen LogP contribution in [0.5, 0.6) is 0 Å². The van der Waals surface area contributed by atoms with Gasteiger partial charge in [-0.05, 0) is 30.3 Å². The van der Waals surface area contributed by atoms with Gasteiger partial charge in [-0.1, -0.05) is 48.6 Å². The van der Waals surface area contributed by atoms with Crippen molar-refractivity contribution in [2.24, 2.45) is 0 Å². The minimum absolute atomic E-state index is 0.671. The van der Waals surface area contributed by atoms with Crippen LogP contribution in [0.2, 0.25) is 0 Å². The fraction of sp³-hybridized carbons (Fsp3) is 0. The first-order valence-corrected chi connectivity index (χ1v) is 6.09. The largest absolute Gasteiger partial charge is 0.362 e. The van der Waals surface area contributed by atoms with E-state index in [0.29, 0.717) is 4.99 Å². The van der Waals surface area contributed by atoms with Crippen molar-refractivity contribution in [1.29, 1.82) is 0 Å². The topological polar surface area (TPSA) is 24.1 Å². The maximum Gasteiger partial charge on any atom is 0.105 e. The highest BCUT2D eigenvalue weighted by Crippen LogP contribution is 2.06. The summed E-state index contributed by atoms with van der Waals surface area (Å²) in [5.41, 5.74) is 2.03. The fourth-order valence-electron chi connectivity index (χ4n) is 1.45. The van der Waals surface area contributed by atoms with Crippen molar-refractivity contribution in [3.8, 4) is 0 Å². The van der Waals surface area contributed by atoms with E-state index in [1.807, 2.05) is 72.9 Å². The van der Waals surface area contributed by atoms with Crippen LogP contribution in [-0.2, 0) is 0 Å². The second-order valence-corrected chi connectivity index (χ2v) is 4.14. The minimum atomic E-state index is 0.671. The molecule has 0 aliphatic carbocycles. The summed E-state index contributed by atoms with van der Waals surface area (Å²) in [6, 6.07) is 19.8. The van der Waals surface area contributed by atoms with Crippen LogP contribution in [0.25, 0.3) is 0 Å². The maximum atomic E-state index is 5.21. The number of nitrogens with one attached hydrogen (secondary N) is 2. The molecule has 90 valence electrons. The van der Waals surface area contributed by atoms with Gasteiger partial charge in [0.1, 0.15) is 4.99 Å². The van der Waals surface area contributed by atoms with E-state index in [-0.39, 0.29) is 0 Å². The Morgan fingerprint density at radius 2 is 1.39 bits per heavy atom. The number of anilines is 2. The number of para-hydroxylation sites is 2. The molecule has 0 atom stereocenters. The lowest BCUT2D eigenvalue weighted by Crippen LogP contribution is -2.05. The Morgan fingerprint density at radius 3 is 2.00 bits per heavy atom. The molecule has 0 bridgehead atoms. The highest BCUT2D eigenvalue weighted by atomic mass is 32.1. The van der Waals surface area contributed by atoms with Crippen LogP contribution in [0.4, 0.5) is 11.4 Å². The molecule has 0 unspecified atom stereocenters. The Hall–Kier alpha value is -2.13. The average molecular weight is 254 g/mol. The summed E-state index contributed by atoms with van der Waals surface area (Å²) < 4.78 is 0. The van der Waals surface area contributed by atoms with E-state index in [9.17, 15) is 0 Å². The lowest BCUT2D eigenvalue weighted by atomic mass is 10.3. The van der Waals surface area contributed by atoms with Crippen molar-refractivity contribution in [2.45, 2.75) is 0 Å². The van der Waals surface area contributed by atoms with Gasteiger partial charge in [0.2, 0.25) is 0 Å². The maximum absolute atomic E-state index is 5.21. The zero-order valence-electron chi connectivity index (χ0n) is 9.84. The lowest BCUT2D eigenvalue weighted by molar-refractivity contribution is 1.58. The lowest BCUT2D eigenvalue weighted by Gasteiger charge is -2.04. The molecule has 0 fully saturated rings. The highest BCUT2D eigenvalue weighted by molar-refractivity contribution is 7.81. The van der Waals surface area contributed by atoms with Gasteiger partial charge >= 0.3 is 0 Å². The van der Waals surface area contributed by atoms with E-state index in [0.717, 1.165) is 11.4 Å². The summed E-state index contributed by atoms with van der Waals surface area (Å²) in [5, 5.41) is 6.29. The number of thiocarbonyl (C=S) groups is 1. The number of rotatable bonds is 4. The molecule has 2 N–H and O–H groups in total. The summed E-state index contributed by atoms with van der Waals surface area (Å²) >= 11 is 5.21. The van der Waals surface area contributed by atoms with Crippen LogP contribution in [0.1, 0.15) is 0 Å². The van der Waals surface area contributed by atoms with Gasteiger partial charge < -0.3 is 10.6 Å². The molecular formula is C15H14N2S. The second kappa shape index (κ2) is 6.57. The standard InChI is InChI=1S/C15H14N2S/c18-15(17-14-9-5-2-6-10-14)11-12-16-13-7-3-1-4-8-13/h1-12,16H,(H,17,18)/b12-11-. The van der Waals surface area contributed by atoms with Gasteiger partial charge in [0.25, 0.3) is 0 Å². The summed E-state index contributed by atoms with van der Waals surface area (Å²) in [7, 11) is 0. The number of hydrogen-bond acceptors (Lipinski definition) is 2. The van der Waals surface area contributed by atoms with E-state index in [2.05, 4.69) is 10.6 Å². The first kappa shape index (κ1) is 12.3. The smallest absolute Gasteiger partial charge is 0.105 e. The monoisotopic (exact) mass is 254 g/mol. The molecule has 2 aromatic rings. The molecule has 3 heteroatoms. The highest BCUT2D eigenvalue weighted by Gasteiger charge is 1.91. The molecule has 0 aliphatic heterocycles. The van der Waals surface area contributed by atoms with Crippen LogP contribution in [0, 0.1) is 0 Å². The molecule has 2 nitrogen and oxygen atoms in total. The first-order chi connectivity index (χ1) is 8.84. The molecule has 0 spiro atoms. The van der Waals surface area contributed by atoms with Crippen molar-refractivity contribution in [1.82, 2.24) is 0 Å². The Morgan fingerprint density at radius 1 is 0.833 bits per heavy atom. The Labute approximate surface area is 112 Å². The molecule has 0 aromatic heterocycles. The SMILES string of the molecule is S=C(/C=C\Nc1ccccc1)Nc1ccccc1. The van der Waals surface area contributed by atoms with E-state index < -0.39 is 0 Å². The Kier molecular flexibility index (Phi) is 4.50. The molecule has 0 aliphatic rings. The number of benzene rings is 2. The van der Waals surface area contributed by atoms with Crippen LogP contribution >= 0.6 is 12.2 Å². The van der Waals surface area contributed by atoms with Gasteiger partial charge in [-0.3, -0.25) is 0 Å². The van der Waals surface area contributed by atoms with Crippen LogP contribution < -0.4 is 10.6 Å². The molecule has 18 heavy (non-hydrogen) atoms. The van der Waals surface area contributed by atoms with Crippen molar-refractivity contribution in [2.75, 3.05) is 10.6 Å². The minimum Gasteiger partial charge on any atom is -0.362 e. The Bertz CT molecular complexity index is 521. The quantitative estimate of drug-likeness (QED) is 0.635. The summed E-state index contributed by atoms with van der Waals surface area (Å²) in [6.45, 7) is 0. The zero-order valence-corrected chi connectivity index (χ0v) is 10.7. The van der Waals surface area contributed by atoms with Crippen molar-refractivity contribution in [3.63, 3.8) is 0 Å². The van der Waals surface area contributed by atoms with Gasteiger partial charge in [0.15, 0.2) is 0 Å². The first-order valence-electron chi connectivity index (χ1n) is 5.69. The average Bonchev–Trinajstić information content (AvgIpc) is 2.41. The van der Waals surface area contributed by atoms with Crippen molar-refractivity contribution in [3.05, 3.63) is 72.9 Å². The van der Waals surface area contributed by atoms with E-state index in [1.165, 1.54) is 0 Å². The zero-order chi connectivity index (χ0) is 12.6. The molecule has 2 rings (SSSR count). The molecule has 0 amide bonds. The summed E-state index contributed by atoms with van der Waals surface area (Å²) in [6.07, 6.45) is 3.66. The third-order valence-electron chi connectivity index (χ3n) is 2.30. The number of hydrogen-bond donors (Lipinski definition) is 2. The molecule has 0 saturated carbocycles. The second-order valence-electron chi connectivity index (χ2n) is 3.70. The van der Waals surface area contributed by atoms with Crippen LogP contribution in [0.15, 0.2) is 72.9 Å². The molecule has 0 radical (unpaired) electrons. The van der Waals surface area contributed by atoms with E-state index in [1.54, 1.807) is 0 Å². The van der Waals surface area contributed by atoms with E-state index >= 15 is 0 Å². The third kappa shape index (κ3) is 4.03. The predicted molar refractivity (Wildman–Crippen MR) is 81.9 cm³/mol. The molecule has 0 heterocycles. The van der Waals surface area contributed by atoms with Crippen molar-refractivity contribution >= 4 is 28.6 Å². The van der Waals surface area contributed by atoms with Crippen molar-refractivity contribution < 1.29 is 0 Å². The van der Waals surface area contributed by atoms with Gasteiger partial charge in [-0.2, -0.15) is 0 Å². The van der Waals surface area contributed by atoms with Crippen LogP contribution in [-0.4, -0.2) is 4.99 Å².